The van der Waals surface area contributed by atoms with Crippen LogP contribution in [0.1, 0.15) is 17.0 Å². The molecule has 0 aliphatic heterocycles. The molecule has 1 aromatic heterocycles. The summed E-state index contributed by atoms with van der Waals surface area (Å²) in [4.78, 5) is 0. The van der Waals surface area contributed by atoms with Crippen molar-refractivity contribution in [3.05, 3.63) is 24.1 Å². The number of hydrogen-bond acceptors (Lipinski definition) is 3. The molecule has 0 fully saturated rings. The molecule has 0 amide bonds. The van der Waals surface area contributed by atoms with Gasteiger partial charge in [-0.25, -0.2) is 0 Å². The normalized spacial score (nSPS) is 10.5. The van der Waals surface area contributed by atoms with Crippen LogP contribution >= 0.6 is 0 Å². The smallest absolute Gasteiger partial charge is 0.136 e. The largest absolute Gasteiger partial charge is 0.379 e. The van der Waals surface area contributed by atoms with Crippen LogP contribution in [0, 0.1) is 21.0 Å². The first-order valence-electron chi connectivity index (χ1n) is 3.54. The van der Waals surface area contributed by atoms with Crippen molar-refractivity contribution >= 4 is 0 Å². The van der Waals surface area contributed by atoms with Gasteiger partial charge in [-0.3, -0.25) is 0 Å². The van der Waals surface area contributed by atoms with E-state index in [4.69, 9.17) is 4.52 Å². The number of aromatic nitrogens is 1. The van der Waals surface area contributed by atoms with Crippen LogP contribution in [0.3, 0.4) is 0 Å². The third kappa shape index (κ3) is 1.80. The third-order valence-electron chi connectivity index (χ3n) is 1.74. The van der Waals surface area contributed by atoms with Crippen LogP contribution < -0.4 is 0 Å². The van der Waals surface area contributed by atoms with Gasteiger partial charge in [-0.2, -0.15) is 0 Å². The maximum Gasteiger partial charge on any atom is 0.136 e. The monoisotopic (exact) mass is 154 g/mol. The van der Waals surface area contributed by atoms with E-state index in [2.05, 4.69) is 17.0 Å². The van der Waals surface area contributed by atoms with Crippen LogP contribution in [0.2, 0.25) is 0 Å². The second-order valence-corrected chi connectivity index (χ2v) is 2.47. The van der Waals surface area contributed by atoms with Crippen LogP contribution in [-0.4, -0.2) is 11.8 Å². The molecule has 0 saturated carbocycles. The molecule has 0 saturated heterocycles. The van der Waals surface area contributed by atoms with E-state index in [0.29, 0.717) is 6.61 Å². The molecule has 0 N–H and O–H groups in total. The fourth-order valence-electron chi connectivity index (χ4n) is 0.866. The van der Waals surface area contributed by atoms with Gasteiger partial charge in [-0.05, 0) is 13.8 Å². The molecule has 1 aromatic rings. The highest BCUT2D eigenvalue weighted by Crippen LogP contribution is 2.11. The van der Waals surface area contributed by atoms with Crippen LogP contribution in [0.5, 0.6) is 0 Å². The molecule has 0 atom stereocenters. The quantitative estimate of drug-likeness (QED) is 0.663. The summed E-state index contributed by atoms with van der Waals surface area (Å²) in [5, 5.41) is 3.87. The summed E-state index contributed by atoms with van der Waals surface area (Å²) < 4.78 is 9.64. The zero-order chi connectivity index (χ0) is 8.27. The summed E-state index contributed by atoms with van der Waals surface area (Å²) in [6.45, 7) is 4.48. The van der Waals surface area contributed by atoms with E-state index in [-0.39, 0.29) is 0 Å². The fraction of sp³-hybridized carbons (Fsp3) is 0.500. The average Bonchev–Trinajstić information content (AvgIpc) is 2.31. The molecular formula is C8H12NO2. The topological polar surface area (TPSA) is 35.3 Å². The van der Waals surface area contributed by atoms with Crippen molar-refractivity contribution in [2.75, 3.05) is 6.61 Å². The molecule has 1 radical (unpaired) electrons. The molecule has 61 valence electrons. The fourth-order valence-corrected chi connectivity index (χ4v) is 0.866. The van der Waals surface area contributed by atoms with Gasteiger partial charge in [0.15, 0.2) is 0 Å². The molecule has 0 bridgehead atoms. The van der Waals surface area contributed by atoms with Gasteiger partial charge in [0.2, 0.25) is 0 Å². The third-order valence-corrected chi connectivity index (χ3v) is 1.74. The number of ether oxygens (including phenoxy) is 1. The summed E-state index contributed by atoms with van der Waals surface area (Å²) in [5.41, 5.74) is 2.08. The summed E-state index contributed by atoms with van der Waals surface area (Å²) in [5.74, 6) is 0.879. The Morgan fingerprint density at radius 3 is 2.73 bits per heavy atom. The lowest BCUT2D eigenvalue weighted by molar-refractivity contribution is 0.243. The summed E-state index contributed by atoms with van der Waals surface area (Å²) in [6, 6.07) is 0. The number of rotatable bonds is 3. The SMILES string of the molecule is [CH2]OCCc1noc(C)c1C. The highest BCUT2D eigenvalue weighted by molar-refractivity contribution is 5.19. The Kier molecular flexibility index (Phi) is 2.65. The minimum Gasteiger partial charge on any atom is -0.379 e. The van der Waals surface area contributed by atoms with E-state index in [1.165, 1.54) is 0 Å². The highest BCUT2D eigenvalue weighted by Gasteiger charge is 2.06. The van der Waals surface area contributed by atoms with E-state index in [1.807, 2.05) is 13.8 Å². The maximum absolute atomic E-state index is 4.97. The van der Waals surface area contributed by atoms with E-state index >= 15 is 0 Å². The molecular weight excluding hydrogens is 142 g/mol. The van der Waals surface area contributed by atoms with E-state index in [0.717, 1.165) is 23.4 Å². The standard InChI is InChI=1S/C8H12NO2/c1-6-7(2)11-9-8(6)4-5-10-3/h3-5H2,1-2H3. The zero-order valence-corrected chi connectivity index (χ0v) is 6.89. The lowest BCUT2D eigenvalue weighted by Gasteiger charge is -1.94. The molecule has 1 rings (SSSR count). The highest BCUT2D eigenvalue weighted by atomic mass is 16.5. The van der Waals surface area contributed by atoms with E-state index in [9.17, 15) is 0 Å². The first-order valence-corrected chi connectivity index (χ1v) is 3.54. The van der Waals surface area contributed by atoms with Gasteiger partial charge in [-0.1, -0.05) is 5.16 Å². The van der Waals surface area contributed by atoms with Crippen LogP contribution in [0.4, 0.5) is 0 Å². The van der Waals surface area contributed by atoms with Gasteiger partial charge in [0.25, 0.3) is 0 Å². The first kappa shape index (κ1) is 8.27. The minimum atomic E-state index is 0.590. The van der Waals surface area contributed by atoms with Crippen LogP contribution in [-0.2, 0) is 11.2 Å². The summed E-state index contributed by atoms with van der Waals surface area (Å²) in [6.07, 6.45) is 0.771. The number of nitrogens with zero attached hydrogens (tertiary/aromatic N) is 1. The second kappa shape index (κ2) is 3.53. The van der Waals surface area contributed by atoms with Gasteiger partial charge in [0.05, 0.1) is 19.4 Å². The maximum atomic E-state index is 4.97. The Labute approximate surface area is 66.3 Å². The zero-order valence-electron chi connectivity index (χ0n) is 6.89. The van der Waals surface area contributed by atoms with Gasteiger partial charge < -0.3 is 9.26 Å². The first-order chi connectivity index (χ1) is 5.25. The Hall–Kier alpha value is -0.830. The molecule has 0 aromatic carbocycles. The van der Waals surface area contributed by atoms with Crippen molar-refractivity contribution in [1.82, 2.24) is 5.16 Å². The van der Waals surface area contributed by atoms with Crippen molar-refractivity contribution in [1.29, 1.82) is 0 Å². The molecule has 1 heterocycles. The van der Waals surface area contributed by atoms with E-state index in [1.54, 1.807) is 0 Å². The molecule has 0 aliphatic carbocycles. The lowest BCUT2D eigenvalue weighted by atomic mass is 10.2. The van der Waals surface area contributed by atoms with Crippen molar-refractivity contribution in [2.45, 2.75) is 20.3 Å². The molecule has 11 heavy (non-hydrogen) atoms. The second-order valence-electron chi connectivity index (χ2n) is 2.47. The van der Waals surface area contributed by atoms with Gasteiger partial charge in [0, 0.05) is 12.0 Å². The van der Waals surface area contributed by atoms with E-state index < -0.39 is 0 Å². The summed E-state index contributed by atoms with van der Waals surface area (Å²) >= 11 is 0. The Morgan fingerprint density at radius 2 is 2.27 bits per heavy atom. The molecule has 0 aliphatic rings. The van der Waals surface area contributed by atoms with Crippen molar-refractivity contribution < 1.29 is 9.26 Å². The molecule has 0 spiro atoms. The van der Waals surface area contributed by atoms with Crippen LogP contribution in [0.25, 0.3) is 0 Å². The van der Waals surface area contributed by atoms with Crippen LogP contribution in [0.15, 0.2) is 4.52 Å². The predicted molar refractivity (Wildman–Crippen MR) is 41.0 cm³/mol. The lowest BCUT2D eigenvalue weighted by Crippen LogP contribution is -1.95. The van der Waals surface area contributed by atoms with Crippen molar-refractivity contribution in [3.63, 3.8) is 0 Å². The molecule has 0 unspecified atom stereocenters. The minimum absolute atomic E-state index is 0.590. The molecule has 3 nitrogen and oxygen atoms in total. The average molecular weight is 154 g/mol. The van der Waals surface area contributed by atoms with Crippen molar-refractivity contribution in [2.24, 2.45) is 0 Å². The Morgan fingerprint density at radius 1 is 1.55 bits per heavy atom. The predicted octanol–water partition coefficient (Wildman–Crippen LogP) is 1.64. The van der Waals surface area contributed by atoms with Gasteiger partial charge >= 0.3 is 0 Å². The number of hydrogen-bond donors (Lipinski definition) is 0. The molecule has 3 heteroatoms. The Bertz CT molecular complexity index is 230. The van der Waals surface area contributed by atoms with Crippen molar-refractivity contribution in [3.8, 4) is 0 Å². The van der Waals surface area contributed by atoms with Gasteiger partial charge in [0.1, 0.15) is 5.76 Å². The van der Waals surface area contributed by atoms with Gasteiger partial charge in [-0.15, -0.1) is 0 Å². The Balaban J connectivity index is 2.63. The summed E-state index contributed by atoms with van der Waals surface area (Å²) in [7, 11) is 3.28. The number of aryl methyl sites for hydroxylation is 1.